The molecule has 15 heteroatoms. The number of benzene rings is 2. The van der Waals surface area contributed by atoms with Crippen molar-refractivity contribution in [3.05, 3.63) is 94.9 Å². The Morgan fingerprint density at radius 1 is 1.04 bits per heavy atom. The molecule has 0 radical (unpaired) electrons. The Morgan fingerprint density at radius 2 is 1.80 bits per heavy atom. The number of carbonyl (C=O) groups is 2. The summed E-state index contributed by atoms with van der Waals surface area (Å²) >= 11 is 12.6. The van der Waals surface area contributed by atoms with Crippen LogP contribution in [0.25, 0.3) is 11.1 Å². The molecule has 3 aliphatic heterocycles. The first-order chi connectivity index (χ1) is 21.9. The summed E-state index contributed by atoms with van der Waals surface area (Å²) in [5.74, 6) is 0.348. The van der Waals surface area contributed by atoms with Gasteiger partial charge in [0.15, 0.2) is 0 Å². The monoisotopic (exact) mass is 663 g/mol. The number of amides is 2. The van der Waals surface area contributed by atoms with Gasteiger partial charge in [-0.2, -0.15) is 0 Å². The Kier molecular flexibility index (Phi) is 8.10. The van der Waals surface area contributed by atoms with E-state index < -0.39 is 23.1 Å². The van der Waals surface area contributed by atoms with Crippen LogP contribution < -0.4 is 21.1 Å². The Hall–Kier alpha value is -4.14. The van der Waals surface area contributed by atoms with Gasteiger partial charge in [-0.1, -0.05) is 47.5 Å². The van der Waals surface area contributed by atoms with E-state index in [2.05, 4.69) is 31.1 Å². The van der Waals surface area contributed by atoms with Gasteiger partial charge in [-0.3, -0.25) is 14.2 Å². The fourth-order valence-corrected chi connectivity index (χ4v) is 7.85. The van der Waals surface area contributed by atoms with Crippen molar-refractivity contribution in [3.63, 3.8) is 0 Å². The van der Waals surface area contributed by atoms with Gasteiger partial charge in [-0.25, -0.2) is 33.8 Å². The second-order valence-corrected chi connectivity index (χ2v) is 13.0. The number of carbonyl (C=O) groups excluding carboxylic acids is 2. The van der Waals surface area contributed by atoms with Crippen molar-refractivity contribution in [2.24, 2.45) is 0 Å². The zero-order valence-corrected chi connectivity index (χ0v) is 26.0. The molecule has 12 nitrogen and oxygen atoms in total. The average Bonchev–Trinajstić information content (AvgIpc) is 3.84. The molecule has 3 aliphatic rings. The van der Waals surface area contributed by atoms with Gasteiger partial charge in [-0.05, 0) is 48.2 Å². The van der Waals surface area contributed by atoms with Gasteiger partial charge in [-0.15, -0.1) is 0 Å². The van der Waals surface area contributed by atoms with Crippen molar-refractivity contribution in [3.8, 4) is 11.1 Å². The third kappa shape index (κ3) is 5.73. The quantitative estimate of drug-likeness (QED) is 0.260. The average molecular weight is 665 g/mol. The molecule has 45 heavy (non-hydrogen) atoms. The first kappa shape index (κ1) is 29.6. The zero-order valence-electron chi connectivity index (χ0n) is 23.7. The normalized spacial score (nSPS) is 20.2. The van der Waals surface area contributed by atoms with Crippen LogP contribution in [0.5, 0.6) is 0 Å². The predicted molar refractivity (Wildman–Crippen MR) is 170 cm³/mol. The van der Waals surface area contributed by atoms with Gasteiger partial charge in [0.2, 0.25) is 11.9 Å². The van der Waals surface area contributed by atoms with Gasteiger partial charge < -0.3 is 10.7 Å². The van der Waals surface area contributed by atoms with Crippen molar-refractivity contribution >= 4 is 57.6 Å². The Labute approximate surface area is 271 Å². The molecule has 4 aromatic rings. The maximum Gasteiger partial charge on any atom is 0.257 e. The lowest BCUT2D eigenvalue weighted by molar-refractivity contribution is -0.123. The maximum atomic E-state index is 14.2. The molecular weight excluding hydrogens is 637 g/mol. The van der Waals surface area contributed by atoms with Gasteiger partial charge in [0.05, 0.1) is 11.9 Å². The molecule has 1 fully saturated rings. The highest BCUT2D eigenvalue weighted by Crippen LogP contribution is 2.42. The molecule has 5 heterocycles. The number of imidazole rings is 1. The minimum atomic E-state index is -1.79. The molecule has 0 bridgehead atoms. The number of rotatable bonds is 8. The van der Waals surface area contributed by atoms with E-state index >= 15 is 0 Å². The van der Waals surface area contributed by atoms with Crippen LogP contribution in [0.3, 0.4) is 0 Å². The van der Waals surface area contributed by atoms with Crippen LogP contribution in [0.4, 0.5) is 11.6 Å². The van der Waals surface area contributed by atoms with Crippen LogP contribution in [0.2, 0.25) is 10.0 Å². The molecule has 2 amide bonds. The SMILES string of the molecule is O=C(NC1=CCNN1)[C@@H]1CCCN1S(=O)c1cnc2n1C(Cc1ccc(-c3cncnc3)cc1)C(=O)N2c1cc(Cl)cc(Cl)c1. The molecule has 3 atom stereocenters. The molecule has 3 N–H and O–H groups in total. The van der Waals surface area contributed by atoms with Crippen molar-refractivity contribution in [2.45, 2.75) is 36.4 Å². The van der Waals surface area contributed by atoms with E-state index in [4.69, 9.17) is 23.2 Å². The maximum absolute atomic E-state index is 14.2. The van der Waals surface area contributed by atoms with E-state index in [-0.39, 0.29) is 11.8 Å². The minimum Gasteiger partial charge on any atom is -0.310 e. The summed E-state index contributed by atoms with van der Waals surface area (Å²) in [5.41, 5.74) is 8.97. The predicted octanol–water partition coefficient (Wildman–Crippen LogP) is 3.66. The van der Waals surface area contributed by atoms with Crippen molar-refractivity contribution in [2.75, 3.05) is 18.0 Å². The van der Waals surface area contributed by atoms with Crippen LogP contribution in [0, 0.1) is 0 Å². The smallest absolute Gasteiger partial charge is 0.257 e. The summed E-state index contributed by atoms with van der Waals surface area (Å²) in [4.78, 5) is 41.6. The topological polar surface area (TPSA) is 137 Å². The summed E-state index contributed by atoms with van der Waals surface area (Å²) in [6.45, 7) is 1.04. The van der Waals surface area contributed by atoms with Gasteiger partial charge in [0.1, 0.15) is 40.2 Å². The lowest BCUT2D eigenvalue weighted by atomic mass is 10.0. The number of hydrazine groups is 1. The molecule has 7 rings (SSSR count). The first-order valence-electron chi connectivity index (χ1n) is 14.3. The Morgan fingerprint density at radius 3 is 2.51 bits per heavy atom. The van der Waals surface area contributed by atoms with Gasteiger partial charge in [0.25, 0.3) is 5.91 Å². The van der Waals surface area contributed by atoms with E-state index in [1.807, 2.05) is 30.3 Å². The largest absolute Gasteiger partial charge is 0.310 e. The summed E-state index contributed by atoms with van der Waals surface area (Å²) in [6.07, 6.45) is 9.84. The van der Waals surface area contributed by atoms with E-state index in [1.165, 1.54) is 17.4 Å². The van der Waals surface area contributed by atoms with Crippen LogP contribution in [-0.2, 0) is 27.0 Å². The lowest BCUT2D eigenvalue weighted by Gasteiger charge is -2.23. The molecule has 230 valence electrons. The van der Waals surface area contributed by atoms with Gasteiger partial charge >= 0.3 is 0 Å². The van der Waals surface area contributed by atoms with Gasteiger partial charge in [0, 0.05) is 47.5 Å². The summed E-state index contributed by atoms with van der Waals surface area (Å²) in [5, 5.41) is 3.92. The van der Waals surface area contributed by atoms with E-state index in [0.29, 0.717) is 64.9 Å². The third-order valence-electron chi connectivity index (χ3n) is 7.93. The fraction of sp³-hybridized carbons (Fsp3) is 0.233. The van der Waals surface area contributed by atoms with Crippen LogP contribution >= 0.6 is 23.2 Å². The number of nitrogens with one attached hydrogen (secondary N) is 3. The minimum absolute atomic E-state index is 0.254. The number of halogens is 2. The molecule has 0 spiro atoms. The molecule has 2 aromatic carbocycles. The second-order valence-electron chi connectivity index (χ2n) is 10.8. The summed E-state index contributed by atoms with van der Waals surface area (Å²) < 4.78 is 17.6. The molecule has 2 unspecified atom stereocenters. The number of anilines is 2. The number of hydrogen-bond acceptors (Lipinski definition) is 8. The molecule has 2 aromatic heterocycles. The van der Waals surface area contributed by atoms with E-state index in [0.717, 1.165) is 16.7 Å². The zero-order chi connectivity index (χ0) is 31.1. The van der Waals surface area contributed by atoms with Crippen molar-refractivity contribution < 1.29 is 13.8 Å². The van der Waals surface area contributed by atoms with E-state index in [9.17, 15) is 13.8 Å². The van der Waals surface area contributed by atoms with Crippen LogP contribution in [0.1, 0.15) is 24.4 Å². The van der Waals surface area contributed by atoms with Crippen LogP contribution in [-0.4, -0.2) is 59.0 Å². The molecule has 0 aliphatic carbocycles. The fourth-order valence-electron chi connectivity index (χ4n) is 5.85. The number of hydrogen-bond donors (Lipinski definition) is 3. The number of nitrogens with zero attached hydrogens (tertiary/aromatic N) is 6. The summed E-state index contributed by atoms with van der Waals surface area (Å²) in [7, 11) is -1.79. The van der Waals surface area contributed by atoms with E-state index in [1.54, 1.807) is 39.5 Å². The highest BCUT2D eigenvalue weighted by atomic mass is 35.5. The molecule has 0 saturated carbocycles. The second kappa shape index (κ2) is 12.3. The Balaban J connectivity index is 1.23. The summed E-state index contributed by atoms with van der Waals surface area (Å²) in [6, 6.07) is 11.3. The third-order valence-corrected chi connectivity index (χ3v) is 9.89. The number of fused-ring (bicyclic) bond motifs is 1. The highest BCUT2D eigenvalue weighted by Gasteiger charge is 2.44. The molecule has 1 saturated heterocycles. The first-order valence-corrected chi connectivity index (χ1v) is 16.1. The molecular formula is C30H27Cl2N9O3S. The standard InChI is InChI=1S/C30H27Cl2N9O3S/c31-21-11-22(32)13-23(12-21)40-29(43)25(10-18-3-5-19(6-4-18)20-14-33-17-34-15-20)41-27(16-35-30(40)41)45(44)39-9-1-2-24(39)28(42)37-26-7-8-36-38-26/h3-7,11-17,24-25,36,38H,1-2,8-10H2,(H,37,42)/t24-,25?,45?/m0/s1. The number of aromatic nitrogens is 4. The van der Waals surface area contributed by atoms with Crippen molar-refractivity contribution in [1.29, 1.82) is 0 Å². The van der Waals surface area contributed by atoms with Crippen LogP contribution in [0.15, 0.2) is 84.3 Å². The lowest BCUT2D eigenvalue weighted by Crippen LogP contribution is -2.46. The Bertz CT molecular complexity index is 1810. The van der Waals surface area contributed by atoms with Crippen molar-refractivity contribution in [1.82, 2.24) is 40.0 Å². The highest BCUT2D eigenvalue weighted by molar-refractivity contribution is 7.82.